The highest BCUT2D eigenvalue weighted by Gasteiger charge is 2.22. The zero-order chi connectivity index (χ0) is 19.8. The van der Waals surface area contributed by atoms with Gasteiger partial charge in [-0.05, 0) is 55.5 Å². The Balaban J connectivity index is 1.47. The zero-order valence-corrected chi connectivity index (χ0v) is 16.9. The Hall–Kier alpha value is -2.53. The number of urea groups is 1. The number of carbonyl (C=O) groups excluding carboxylic acids is 1. The first-order valence-electron chi connectivity index (χ1n) is 10.1. The number of piperidine rings is 1. The lowest BCUT2D eigenvalue weighted by Crippen LogP contribution is -2.43. The molecular formula is C23H31N3O2. The van der Waals surface area contributed by atoms with Gasteiger partial charge in [-0.15, -0.1) is 0 Å². The summed E-state index contributed by atoms with van der Waals surface area (Å²) in [6.45, 7) is 3.98. The van der Waals surface area contributed by atoms with Crippen LogP contribution in [-0.4, -0.2) is 56.2 Å². The molecule has 2 aromatic rings. The molecule has 2 aromatic carbocycles. The molecule has 0 radical (unpaired) electrons. The van der Waals surface area contributed by atoms with E-state index in [4.69, 9.17) is 4.74 Å². The van der Waals surface area contributed by atoms with Crippen molar-refractivity contribution >= 4 is 11.7 Å². The van der Waals surface area contributed by atoms with E-state index in [-0.39, 0.29) is 6.03 Å². The highest BCUT2D eigenvalue weighted by atomic mass is 16.5. The maximum Gasteiger partial charge on any atom is 0.321 e. The fourth-order valence-corrected chi connectivity index (χ4v) is 3.90. The van der Waals surface area contributed by atoms with Crippen LogP contribution in [-0.2, 0) is 6.42 Å². The molecule has 2 amide bonds. The van der Waals surface area contributed by atoms with Gasteiger partial charge in [0, 0.05) is 32.4 Å². The van der Waals surface area contributed by atoms with Crippen LogP contribution in [0.5, 0.6) is 5.75 Å². The minimum atomic E-state index is -0.0441. The summed E-state index contributed by atoms with van der Waals surface area (Å²) in [4.78, 5) is 16.8. The Kier molecular flexibility index (Phi) is 7.31. The van der Waals surface area contributed by atoms with Gasteiger partial charge in [-0.1, -0.05) is 36.4 Å². The second-order valence-corrected chi connectivity index (χ2v) is 7.55. The summed E-state index contributed by atoms with van der Waals surface area (Å²) in [5.74, 6) is 1.48. The minimum absolute atomic E-state index is 0.0441. The summed E-state index contributed by atoms with van der Waals surface area (Å²) >= 11 is 0. The molecule has 1 N–H and O–H groups in total. The van der Waals surface area contributed by atoms with E-state index in [9.17, 15) is 4.79 Å². The third-order valence-corrected chi connectivity index (χ3v) is 5.40. The number of amides is 2. The molecule has 0 saturated carbocycles. The van der Waals surface area contributed by atoms with Crippen molar-refractivity contribution in [2.24, 2.45) is 5.92 Å². The van der Waals surface area contributed by atoms with Crippen LogP contribution in [0.4, 0.5) is 10.5 Å². The average Bonchev–Trinajstić information content (AvgIpc) is 2.73. The Morgan fingerprint density at radius 1 is 1.18 bits per heavy atom. The van der Waals surface area contributed by atoms with E-state index in [1.165, 1.54) is 18.4 Å². The molecule has 5 nitrogen and oxygen atoms in total. The van der Waals surface area contributed by atoms with Crippen molar-refractivity contribution in [3.8, 4) is 5.75 Å². The van der Waals surface area contributed by atoms with E-state index in [0.29, 0.717) is 5.92 Å². The third kappa shape index (κ3) is 5.73. The van der Waals surface area contributed by atoms with Crippen LogP contribution in [0.25, 0.3) is 0 Å². The first-order valence-corrected chi connectivity index (χ1v) is 10.1. The van der Waals surface area contributed by atoms with Gasteiger partial charge in [-0.25, -0.2) is 4.79 Å². The fourth-order valence-electron chi connectivity index (χ4n) is 3.90. The summed E-state index contributed by atoms with van der Waals surface area (Å²) in [5.41, 5.74) is 2.09. The van der Waals surface area contributed by atoms with Gasteiger partial charge in [-0.2, -0.15) is 0 Å². The molecule has 1 fully saturated rings. The summed E-state index contributed by atoms with van der Waals surface area (Å²) in [6, 6.07) is 17.8. The Morgan fingerprint density at radius 2 is 1.93 bits per heavy atom. The quantitative estimate of drug-likeness (QED) is 0.785. The summed E-state index contributed by atoms with van der Waals surface area (Å²) in [6.07, 6.45) is 3.35. The van der Waals surface area contributed by atoms with Crippen molar-refractivity contribution in [3.05, 3.63) is 60.2 Å². The molecule has 1 aliphatic rings. The summed E-state index contributed by atoms with van der Waals surface area (Å²) < 4.78 is 5.46. The molecule has 1 atom stereocenters. The highest BCUT2D eigenvalue weighted by Crippen LogP contribution is 2.21. The fraction of sp³-hybridized carbons (Fsp3) is 0.435. The molecule has 1 unspecified atom stereocenters. The number of likely N-dealkylation sites (tertiary alicyclic amines) is 1. The maximum atomic E-state index is 12.4. The second kappa shape index (κ2) is 10.1. The van der Waals surface area contributed by atoms with Crippen LogP contribution in [0.1, 0.15) is 18.4 Å². The molecule has 1 saturated heterocycles. The monoisotopic (exact) mass is 381 g/mol. The Labute approximate surface area is 168 Å². The molecular weight excluding hydrogens is 350 g/mol. The molecule has 1 aliphatic heterocycles. The number of hydrogen-bond donors (Lipinski definition) is 1. The van der Waals surface area contributed by atoms with Crippen molar-refractivity contribution in [2.45, 2.75) is 19.3 Å². The van der Waals surface area contributed by atoms with Gasteiger partial charge in [0.25, 0.3) is 0 Å². The van der Waals surface area contributed by atoms with Crippen LogP contribution in [0.2, 0.25) is 0 Å². The molecule has 3 rings (SSSR count). The maximum absolute atomic E-state index is 12.4. The number of nitrogens with zero attached hydrogens (tertiary/aromatic N) is 2. The largest absolute Gasteiger partial charge is 0.496 e. The van der Waals surface area contributed by atoms with E-state index >= 15 is 0 Å². The molecule has 150 valence electrons. The molecule has 0 aliphatic carbocycles. The number of benzene rings is 2. The van der Waals surface area contributed by atoms with Gasteiger partial charge in [0.1, 0.15) is 5.75 Å². The predicted molar refractivity (Wildman–Crippen MR) is 114 cm³/mol. The lowest BCUT2D eigenvalue weighted by atomic mass is 9.97. The van der Waals surface area contributed by atoms with Crippen molar-refractivity contribution in [3.63, 3.8) is 0 Å². The number of hydrogen-bond acceptors (Lipinski definition) is 3. The van der Waals surface area contributed by atoms with Gasteiger partial charge < -0.3 is 19.9 Å². The zero-order valence-electron chi connectivity index (χ0n) is 16.9. The Morgan fingerprint density at radius 3 is 2.71 bits per heavy atom. The van der Waals surface area contributed by atoms with Crippen LogP contribution >= 0.6 is 0 Å². The number of rotatable bonds is 7. The number of nitrogens with one attached hydrogen (secondary N) is 1. The van der Waals surface area contributed by atoms with Crippen molar-refractivity contribution < 1.29 is 9.53 Å². The normalized spacial score (nSPS) is 17.1. The van der Waals surface area contributed by atoms with E-state index in [1.54, 1.807) is 12.0 Å². The molecule has 0 bridgehead atoms. The van der Waals surface area contributed by atoms with Crippen LogP contribution in [0.3, 0.4) is 0 Å². The number of methoxy groups -OCH3 is 1. The SMILES string of the molecule is COc1ccccc1CCN1CCCC(CN(C)C(=O)Nc2ccccc2)C1. The molecule has 5 heteroatoms. The number of para-hydroxylation sites is 2. The number of ether oxygens (including phenoxy) is 1. The first-order chi connectivity index (χ1) is 13.7. The van der Waals surface area contributed by atoms with Gasteiger partial charge in [-0.3, -0.25) is 0 Å². The molecule has 0 spiro atoms. The van der Waals surface area contributed by atoms with Crippen LogP contribution in [0.15, 0.2) is 54.6 Å². The molecule has 0 aromatic heterocycles. The predicted octanol–water partition coefficient (Wildman–Crippen LogP) is 4.11. The van der Waals surface area contributed by atoms with Gasteiger partial charge in [0.15, 0.2) is 0 Å². The van der Waals surface area contributed by atoms with E-state index in [0.717, 1.165) is 44.0 Å². The standard InChI is InChI=1S/C23H31N3O2/c1-25(23(27)24-21-11-4-3-5-12-21)17-19-9-8-15-26(18-19)16-14-20-10-6-7-13-22(20)28-2/h3-7,10-13,19H,8-9,14-18H2,1-2H3,(H,24,27). The van der Waals surface area contributed by atoms with Gasteiger partial charge in [0.2, 0.25) is 0 Å². The third-order valence-electron chi connectivity index (χ3n) is 5.40. The van der Waals surface area contributed by atoms with E-state index in [2.05, 4.69) is 22.3 Å². The highest BCUT2D eigenvalue weighted by molar-refractivity contribution is 5.89. The minimum Gasteiger partial charge on any atom is -0.496 e. The van der Waals surface area contributed by atoms with Crippen molar-refractivity contribution in [1.29, 1.82) is 0 Å². The number of carbonyl (C=O) groups is 1. The van der Waals surface area contributed by atoms with Crippen LogP contribution < -0.4 is 10.1 Å². The van der Waals surface area contributed by atoms with Crippen molar-refractivity contribution in [2.75, 3.05) is 45.7 Å². The summed E-state index contributed by atoms with van der Waals surface area (Å²) in [7, 11) is 3.61. The Bertz CT molecular complexity index is 751. The van der Waals surface area contributed by atoms with E-state index < -0.39 is 0 Å². The summed E-state index contributed by atoms with van der Waals surface area (Å²) in [5, 5.41) is 2.96. The average molecular weight is 382 g/mol. The topological polar surface area (TPSA) is 44.8 Å². The first kappa shape index (κ1) is 20.2. The van der Waals surface area contributed by atoms with Gasteiger partial charge >= 0.3 is 6.03 Å². The lowest BCUT2D eigenvalue weighted by Gasteiger charge is -2.34. The number of anilines is 1. The van der Waals surface area contributed by atoms with E-state index in [1.807, 2.05) is 49.5 Å². The van der Waals surface area contributed by atoms with Crippen LogP contribution in [0, 0.1) is 5.92 Å². The molecule has 28 heavy (non-hydrogen) atoms. The molecule has 1 heterocycles. The second-order valence-electron chi connectivity index (χ2n) is 7.55. The smallest absolute Gasteiger partial charge is 0.321 e. The van der Waals surface area contributed by atoms with Crippen molar-refractivity contribution in [1.82, 2.24) is 9.80 Å². The lowest BCUT2D eigenvalue weighted by molar-refractivity contribution is 0.150. The van der Waals surface area contributed by atoms with Gasteiger partial charge in [0.05, 0.1) is 7.11 Å².